The Morgan fingerprint density at radius 2 is 2.12 bits per heavy atom. The Bertz CT molecular complexity index is 394. The number of nitrogen functional groups attached to an aromatic ring is 1. The summed E-state index contributed by atoms with van der Waals surface area (Å²) in [7, 11) is 0. The van der Waals surface area contributed by atoms with Gasteiger partial charge in [0.05, 0.1) is 5.60 Å². The number of carbonyl (C=O) groups excluding carboxylic acids is 1. The molecule has 1 amide bonds. The number of aliphatic hydroxyl groups is 1. The molecule has 0 bridgehead atoms. The van der Waals surface area contributed by atoms with E-state index in [9.17, 15) is 9.90 Å². The molecule has 1 aromatic rings. The summed E-state index contributed by atoms with van der Waals surface area (Å²) in [5, 5.41) is 12.1. The van der Waals surface area contributed by atoms with Crippen LogP contribution in [-0.2, 0) is 0 Å². The number of hydrogen-bond donors (Lipinski definition) is 3. The fourth-order valence-corrected chi connectivity index (χ4v) is 1.22. The SMILES string of the molecule is Cc1cc(C(=O)NCC(C)(C)O)ccc1N. The Hall–Kier alpha value is -1.55. The zero-order valence-corrected chi connectivity index (χ0v) is 9.87. The summed E-state index contributed by atoms with van der Waals surface area (Å²) >= 11 is 0. The maximum atomic E-state index is 11.7. The molecule has 0 heterocycles. The summed E-state index contributed by atoms with van der Waals surface area (Å²) in [4.78, 5) is 11.7. The van der Waals surface area contributed by atoms with Gasteiger partial charge in [-0.1, -0.05) is 0 Å². The lowest BCUT2D eigenvalue weighted by Crippen LogP contribution is -2.38. The minimum atomic E-state index is -0.904. The van der Waals surface area contributed by atoms with Crippen molar-refractivity contribution in [3.63, 3.8) is 0 Å². The van der Waals surface area contributed by atoms with Crippen molar-refractivity contribution in [1.29, 1.82) is 0 Å². The average molecular weight is 222 g/mol. The van der Waals surface area contributed by atoms with Gasteiger partial charge in [0.15, 0.2) is 0 Å². The van der Waals surface area contributed by atoms with Crippen molar-refractivity contribution in [1.82, 2.24) is 5.32 Å². The van der Waals surface area contributed by atoms with Gasteiger partial charge in [0.1, 0.15) is 0 Å². The number of carbonyl (C=O) groups is 1. The maximum absolute atomic E-state index is 11.7. The van der Waals surface area contributed by atoms with E-state index in [2.05, 4.69) is 5.32 Å². The van der Waals surface area contributed by atoms with E-state index in [-0.39, 0.29) is 12.5 Å². The van der Waals surface area contributed by atoms with Gasteiger partial charge in [0.25, 0.3) is 5.91 Å². The van der Waals surface area contributed by atoms with Crippen molar-refractivity contribution in [2.24, 2.45) is 0 Å². The highest BCUT2D eigenvalue weighted by Gasteiger charge is 2.14. The standard InChI is InChI=1S/C12H18N2O2/c1-8-6-9(4-5-10(8)13)11(15)14-7-12(2,3)16/h4-6,16H,7,13H2,1-3H3,(H,14,15). The van der Waals surface area contributed by atoms with Gasteiger partial charge in [0.2, 0.25) is 0 Å². The van der Waals surface area contributed by atoms with Gasteiger partial charge in [-0.2, -0.15) is 0 Å². The summed E-state index contributed by atoms with van der Waals surface area (Å²) in [5.41, 5.74) is 6.84. The normalized spacial score (nSPS) is 11.2. The second-order valence-electron chi connectivity index (χ2n) is 4.57. The monoisotopic (exact) mass is 222 g/mol. The number of nitrogens with one attached hydrogen (secondary N) is 1. The molecular weight excluding hydrogens is 204 g/mol. The quantitative estimate of drug-likeness (QED) is 0.670. The van der Waals surface area contributed by atoms with Gasteiger partial charge in [-0.05, 0) is 44.5 Å². The van der Waals surface area contributed by atoms with Crippen molar-refractivity contribution in [2.45, 2.75) is 26.4 Å². The molecule has 0 unspecified atom stereocenters. The van der Waals surface area contributed by atoms with Crippen molar-refractivity contribution >= 4 is 11.6 Å². The smallest absolute Gasteiger partial charge is 0.251 e. The number of rotatable bonds is 3. The molecule has 0 aliphatic carbocycles. The lowest BCUT2D eigenvalue weighted by Gasteiger charge is -2.17. The molecule has 0 saturated heterocycles. The molecule has 16 heavy (non-hydrogen) atoms. The highest BCUT2D eigenvalue weighted by molar-refractivity contribution is 5.94. The van der Waals surface area contributed by atoms with E-state index in [4.69, 9.17) is 5.73 Å². The molecule has 4 N–H and O–H groups in total. The van der Waals surface area contributed by atoms with E-state index >= 15 is 0 Å². The zero-order valence-electron chi connectivity index (χ0n) is 9.87. The zero-order chi connectivity index (χ0) is 12.3. The summed E-state index contributed by atoms with van der Waals surface area (Å²) < 4.78 is 0. The summed E-state index contributed by atoms with van der Waals surface area (Å²) in [6, 6.07) is 5.10. The molecule has 0 atom stereocenters. The lowest BCUT2D eigenvalue weighted by molar-refractivity contribution is 0.0694. The first-order chi connectivity index (χ1) is 7.29. The molecule has 1 aromatic carbocycles. The third kappa shape index (κ3) is 3.55. The van der Waals surface area contributed by atoms with Gasteiger partial charge in [0, 0.05) is 17.8 Å². The molecule has 1 rings (SSSR count). The molecule has 0 fully saturated rings. The van der Waals surface area contributed by atoms with Gasteiger partial charge in [-0.3, -0.25) is 4.79 Å². The first kappa shape index (κ1) is 12.5. The third-order valence-electron chi connectivity index (χ3n) is 2.21. The minimum Gasteiger partial charge on any atom is -0.399 e. The number of hydrogen-bond acceptors (Lipinski definition) is 3. The van der Waals surface area contributed by atoms with Crippen LogP contribution < -0.4 is 11.1 Å². The fourth-order valence-electron chi connectivity index (χ4n) is 1.22. The Labute approximate surface area is 95.5 Å². The largest absolute Gasteiger partial charge is 0.399 e. The average Bonchev–Trinajstić information content (AvgIpc) is 2.17. The molecule has 0 aliphatic heterocycles. The topological polar surface area (TPSA) is 75.3 Å². The molecule has 4 heteroatoms. The highest BCUT2D eigenvalue weighted by Crippen LogP contribution is 2.12. The molecule has 0 saturated carbocycles. The Kier molecular flexibility index (Phi) is 3.55. The number of anilines is 1. The van der Waals surface area contributed by atoms with E-state index in [1.807, 2.05) is 6.92 Å². The van der Waals surface area contributed by atoms with E-state index < -0.39 is 5.60 Å². The summed E-state index contributed by atoms with van der Waals surface area (Å²) in [6.07, 6.45) is 0. The van der Waals surface area contributed by atoms with Crippen LogP contribution in [0.4, 0.5) is 5.69 Å². The van der Waals surface area contributed by atoms with E-state index in [1.165, 1.54) is 0 Å². The Morgan fingerprint density at radius 3 is 2.62 bits per heavy atom. The summed E-state index contributed by atoms with van der Waals surface area (Å²) in [5.74, 6) is -0.203. The number of benzene rings is 1. The Balaban J connectivity index is 2.70. The van der Waals surface area contributed by atoms with Crippen LogP contribution >= 0.6 is 0 Å². The number of aryl methyl sites for hydroxylation is 1. The van der Waals surface area contributed by atoms with Crippen LogP contribution in [-0.4, -0.2) is 23.2 Å². The first-order valence-electron chi connectivity index (χ1n) is 5.16. The van der Waals surface area contributed by atoms with Crippen LogP contribution in [0.3, 0.4) is 0 Å². The molecular formula is C12H18N2O2. The van der Waals surface area contributed by atoms with Gasteiger partial charge < -0.3 is 16.2 Å². The second kappa shape index (κ2) is 4.53. The molecule has 0 radical (unpaired) electrons. The van der Waals surface area contributed by atoms with Crippen molar-refractivity contribution < 1.29 is 9.90 Å². The summed E-state index contributed by atoms with van der Waals surface area (Å²) in [6.45, 7) is 5.35. The predicted octanol–water partition coefficient (Wildman–Crippen LogP) is 1.08. The van der Waals surface area contributed by atoms with Crippen molar-refractivity contribution in [3.8, 4) is 0 Å². The fraction of sp³-hybridized carbons (Fsp3) is 0.417. The molecule has 0 spiro atoms. The molecule has 4 nitrogen and oxygen atoms in total. The van der Waals surface area contributed by atoms with E-state index in [0.717, 1.165) is 5.56 Å². The number of nitrogens with two attached hydrogens (primary N) is 1. The molecule has 0 aliphatic rings. The van der Waals surface area contributed by atoms with Crippen LogP contribution in [0.25, 0.3) is 0 Å². The third-order valence-corrected chi connectivity index (χ3v) is 2.21. The molecule has 0 aromatic heterocycles. The van der Waals surface area contributed by atoms with Gasteiger partial charge >= 0.3 is 0 Å². The highest BCUT2D eigenvalue weighted by atomic mass is 16.3. The lowest BCUT2D eigenvalue weighted by atomic mass is 10.1. The Morgan fingerprint density at radius 1 is 1.50 bits per heavy atom. The predicted molar refractivity (Wildman–Crippen MR) is 64.2 cm³/mol. The maximum Gasteiger partial charge on any atom is 0.251 e. The van der Waals surface area contributed by atoms with E-state index in [1.54, 1.807) is 32.0 Å². The van der Waals surface area contributed by atoms with Gasteiger partial charge in [-0.15, -0.1) is 0 Å². The molecule has 88 valence electrons. The van der Waals surface area contributed by atoms with Crippen molar-refractivity contribution in [2.75, 3.05) is 12.3 Å². The van der Waals surface area contributed by atoms with E-state index in [0.29, 0.717) is 11.3 Å². The van der Waals surface area contributed by atoms with Gasteiger partial charge in [-0.25, -0.2) is 0 Å². The second-order valence-corrected chi connectivity index (χ2v) is 4.57. The van der Waals surface area contributed by atoms with Crippen LogP contribution in [0.15, 0.2) is 18.2 Å². The van der Waals surface area contributed by atoms with Crippen molar-refractivity contribution in [3.05, 3.63) is 29.3 Å². The minimum absolute atomic E-state index is 0.203. The van der Waals surface area contributed by atoms with Crippen LogP contribution in [0.1, 0.15) is 29.8 Å². The number of amides is 1. The van der Waals surface area contributed by atoms with Crippen LogP contribution in [0, 0.1) is 6.92 Å². The van der Waals surface area contributed by atoms with Crippen LogP contribution in [0.5, 0.6) is 0 Å². The van der Waals surface area contributed by atoms with Crippen LogP contribution in [0.2, 0.25) is 0 Å². The first-order valence-corrected chi connectivity index (χ1v) is 5.16.